The smallest absolute Gasteiger partial charge is 0.233 e. The fourth-order valence-corrected chi connectivity index (χ4v) is 1.80. The van der Waals surface area contributed by atoms with Crippen LogP contribution in [0.2, 0.25) is 0 Å². The average molecular weight is 266 g/mol. The molecule has 1 saturated heterocycles. The molecular weight excluding hydrogens is 242 g/mol. The van der Waals surface area contributed by atoms with Gasteiger partial charge in [-0.25, -0.2) is 0 Å². The Morgan fingerprint density at radius 2 is 2.06 bits per heavy atom. The number of carbonyl (C=O) groups is 1. The quantitative estimate of drug-likeness (QED) is 0.693. The Bertz CT molecular complexity index is 211. The second-order valence-corrected chi connectivity index (χ2v) is 4.35. The molecule has 102 valence electrons. The molecule has 1 rings (SSSR count). The van der Waals surface area contributed by atoms with Crippen molar-refractivity contribution in [2.75, 3.05) is 53.0 Å². The molecule has 0 radical (unpaired) electrons. The summed E-state index contributed by atoms with van der Waals surface area (Å²) in [6.07, 6.45) is 0. The van der Waals surface area contributed by atoms with Crippen LogP contribution in [0.15, 0.2) is 0 Å². The second kappa shape index (κ2) is 9.65. The van der Waals surface area contributed by atoms with E-state index in [2.05, 4.69) is 22.5 Å². The van der Waals surface area contributed by atoms with Gasteiger partial charge in [0.2, 0.25) is 5.91 Å². The van der Waals surface area contributed by atoms with Gasteiger partial charge in [-0.3, -0.25) is 9.69 Å². The van der Waals surface area contributed by atoms with E-state index in [1.807, 2.05) is 0 Å². The predicted molar refractivity (Wildman–Crippen MR) is 70.6 cm³/mol. The van der Waals surface area contributed by atoms with Gasteiger partial charge >= 0.3 is 0 Å². The number of rotatable bonds is 6. The number of hydrogen-bond donors (Lipinski definition) is 2. The molecule has 5 nitrogen and oxygen atoms in total. The lowest BCUT2D eigenvalue weighted by molar-refractivity contribution is -0.120. The molecular formula is C11H24ClN3O2. The van der Waals surface area contributed by atoms with E-state index in [-0.39, 0.29) is 18.3 Å². The molecule has 0 aromatic rings. The van der Waals surface area contributed by atoms with Crippen molar-refractivity contribution in [2.24, 2.45) is 5.92 Å². The number of nitrogens with one attached hydrogen (secondary N) is 2. The lowest BCUT2D eigenvalue weighted by atomic mass is 10.1. The number of hydrogen-bond acceptors (Lipinski definition) is 4. The molecule has 2 N–H and O–H groups in total. The molecule has 1 heterocycles. The van der Waals surface area contributed by atoms with E-state index in [0.29, 0.717) is 12.5 Å². The summed E-state index contributed by atoms with van der Waals surface area (Å²) in [5.41, 5.74) is 0. The van der Waals surface area contributed by atoms with E-state index >= 15 is 0 Å². The predicted octanol–water partition coefficient (Wildman–Crippen LogP) is -0.288. The molecule has 1 aliphatic heterocycles. The third-order valence-electron chi connectivity index (χ3n) is 2.66. The summed E-state index contributed by atoms with van der Waals surface area (Å²) in [6.45, 7) is 8.02. The van der Waals surface area contributed by atoms with Crippen molar-refractivity contribution in [3.63, 3.8) is 0 Å². The van der Waals surface area contributed by atoms with Gasteiger partial charge in [-0.2, -0.15) is 0 Å². The monoisotopic (exact) mass is 265 g/mol. The van der Waals surface area contributed by atoms with E-state index < -0.39 is 0 Å². The fourth-order valence-electron chi connectivity index (χ4n) is 1.80. The van der Waals surface area contributed by atoms with Crippen LogP contribution >= 0.6 is 12.4 Å². The molecule has 1 atom stereocenters. The first-order valence-electron chi connectivity index (χ1n) is 5.93. The molecule has 1 aliphatic rings. The zero-order valence-electron chi connectivity index (χ0n) is 10.7. The standard InChI is InChI=1S/C11H23N3O2.ClH/c1-10(7-13-11(15)8-12-2)9-14-3-5-16-6-4-14;/h10,12H,3-9H2,1-2H3,(H,13,15);1H. The molecule has 6 heteroatoms. The van der Waals surface area contributed by atoms with E-state index in [0.717, 1.165) is 39.4 Å². The van der Waals surface area contributed by atoms with Crippen molar-refractivity contribution in [1.29, 1.82) is 0 Å². The molecule has 0 spiro atoms. The Hall–Kier alpha value is -0.360. The summed E-state index contributed by atoms with van der Waals surface area (Å²) in [5.74, 6) is 0.551. The number of nitrogens with zero attached hydrogens (tertiary/aromatic N) is 1. The zero-order chi connectivity index (χ0) is 11.8. The minimum absolute atomic E-state index is 0. The van der Waals surface area contributed by atoms with Crippen molar-refractivity contribution in [1.82, 2.24) is 15.5 Å². The van der Waals surface area contributed by atoms with Crippen LogP contribution in [0.4, 0.5) is 0 Å². The van der Waals surface area contributed by atoms with Crippen LogP contribution < -0.4 is 10.6 Å². The van der Waals surface area contributed by atoms with Crippen molar-refractivity contribution in [2.45, 2.75) is 6.92 Å². The normalized spacial score (nSPS) is 18.2. The van der Waals surface area contributed by atoms with Crippen LogP contribution in [-0.2, 0) is 9.53 Å². The molecule has 0 aromatic carbocycles. The molecule has 17 heavy (non-hydrogen) atoms. The Labute approximate surface area is 110 Å². The van der Waals surface area contributed by atoms with Gasteiger partial charge in [0.05, 0.1) is 19.8 Å². The minimum Gasteiger partial charge on any atom is -0.379 e. The zero-order valence-corrected chi connectivity index (χ0v) is 11.5. The SMILES string of the molecule is CNCC(=O)NCC(C)CN1CCOCC1.Cl. The Morgan fingerprint density at radius 3 is 2.65 bits per heavy atom. The molecule has 1 amide bonds. The number of halogens is 1. The summed E-state index contributed by atoms with van der Waals surface area (Å²) in [6, 6.07) is 0. The highest BCUT2D eigenvalue weighted by Crippen LogP contribution is 2.02. The highest BCUT2D eigenvalue weighted by atomic mass is 35.5. The van der Waals surface area contributed by atoms with Crippen molar-refractivity contribution < 1.29 is 9.53 Å². The number of likely N-dealkylation sites (N-methyl/N-ethyl adjacent to an activating group) is 1. The summed E-state index contributed by atoms with van der Waals surface area (Å²) < 4.78 is 5.29. The highest BCUT2D eigenvalue weighted by molar-refractivity contribution is 5.85. The molecule has 1 unspecified atom stereocenters. The molecule has 1 fully saturated rings. The van der Waals surface area contributed by atoms with Crippen LogP contribution in [0.1, 0.15) is 6.92 Å². The lowest BCUT2D eigenvalue weighted by Gasteiger charge is -2.29. The van der Waals surface area contributed by atoms with Crippen molar-refractivity contribution >= 4 is 18.3 Å². The van der Waals surface area contributed by atoms with Crippen LogP contribution in [0.3, 0.4) is 0 Å². The first-order chi connectivity index (χ1) is 7.72. The lowest BCUT2D eigenvalue weighted by Crippen LogP contribution is -2.42. The van der Waals surface area contributed by atoms with Crippen molar-refractivity contribution in [3.05, 3.63) is 0 Å². The van der Waals surface area contributed by atoms with Gasteiger partial charge in [-0.1, -0.05) is 6.92 Å². The van der Waals surface area contributed by atoms with Crippen LogP contribution in [-0.4, -0.2) is 63.8 Å². The van der Waals surface area contributed by atoms with E-state index in [9.17, 15) is 4.79 Å². The summed E-state index contributed by atoms with van der Waals surface area (Å²) in [5, 5.41) is 5.75. The Kier molecular flexibility index (Phi) is 9.44. The van der Waals surface area contributed by atoms with Crippen LogP contribution in [0.5, 0.6) is 0 Å². The molecule has 0 bridgehead atoms. The maximum Gasteiger partial charge on any atom is 0.233 e. The topological polar surface area (TPSA) is 53.6 Å². The minimum atomic E-state index is 0. The number of carbonyl (C=O) groups excluding carboxylic acids is 1. The van der Waals surface area contributed by atoms with Gasteiger partial charge in [0.25, 0.3) is 0 Å². The van der Waals surface area contributed by atoms with E-state index in [1.165, 1.54) is 0 Å². The number of amides is 1. The van der Waals surface area contributed by atoms with Crippen molar-refractivity contribution in [3.8, 4) is 0 Å². The first-order valence-corrected chi connectivity index (χ1v) is 5.93. The summed E-state index contributed by atoms with van der Waals surface area (Å²) in [7, 11) is 1.77. The molecule has 0 aliphatic carbocycles. The largest absolute Gasteiger partial charge is 0.379 e. The third kappa shape index (κ3) is 7.54. The van der Waals surface area contributed by atoms with Gasteiger partial charge in [0.1, 0.15) is 0 Å². The van der Waals surface area contributed by atoms with Gasteiger partial charge < -0.3 is 15.4 Å². The first kappa shape index (κ1) is 16.6. The van der Waals surface area contributed by atoms with Crippen LogP contribution in [0.25, 0.3) is 0 Å². The summed E-state index contributed by atoms with van der Waals surface area (Å²) >= 11 is 0. The number of morpholine rings is 1. The Morgan fingerprint density at radius 1 is 1.41 bits per heavy atom. The Balaban J connectivity index is 0.00000256. The van der Waals surface area contributed by atoms with E-state index in [4.69, 9.17) is 4.74 Å². The second-order valence-electron chi connectivity index (χ2n) is 4.35. The fraction of sp³-hybridized carbons (Fsp3) is 0.909. The van der Waals surface area contributed by atoms with Gasteiger partial charge in [-0.05, 0) is 13.0 Å². The van der Waals surface area contributed by atoms with Gasteiger partial charge in [0, 0.05) is 26.2 Å². The maximum absolute atomic E-state index is 11.2. The average Bonchev–Trinajstić information content (AvgIpc) is 2.28. The highest BCUT2D eigenvalue weighted by Gasteiger charge is 2.13. The summed E-state index contributed by atoms with van der Waals surface area (Å²) in [4.78, 5) is 13.6. The number of ether oxygens (including phenoxy) is 1. The maximum atomic E-state index is 11.2. The molecule has 0 aromatic heterocycles. The van der Waals surface area contributed by atoms with Gasteiger partial charge in [-0.15, -0.1) is 12.4 Å². The molecule has 0 saturated carbocycles. The third-order valence-corrected chi connectivity index (χ3v) is 2.66. The van der Waals surface area contributed by atoms with E-state index in [1.54, 1.807) is 7.05 Å². The van der Waals surface area contributed by atoms with Crippen LogP contribution in [0, 0.1) is 5.92 Å². The van der Waals surface area contributed by atoms with Gasteiger partial charge in [0.15, 0.2) is 0 Å².